The maximum atomic E-state index is 13.1. The molecule has 4 rings (SSSR count). The van der Waals surface area contributed by atoms with E-state index in [0.29, 0.717) is 12.6 Å². The first-order chi connectivity index (χ1) is 16.0. The van der Waals surface area contributed by atoms with Gasteiger partial charge in [-0.2, -0.15) is 0 Å². The van der Waals surface area contributed by atoms with Crippen LogP contribution in [0.25, 0.3) is 11.3 Å². The zero-order valence-corrected chi connectivity index (χ0v) is 19.8. The lowest BCUT2D eigenvalue weighted by molar-refractivity contribution is -0.132. The molecule has 1 aliphatic carbocycles. The van der Waals surface area contributed by atoms with E-state index in [1.165, 1.54) is 31.4 Å². The Labute approximate surface area is 196 Å². The van der Waals surface area contributed by atoms with Gasteiger partial charge in [0.1, 0.15) is 5.82 Å². The predicted molar refractivity (Wildman–Crippen MR) is 129 cm³/mol. The molecule has 7 nitrogen and oxygen atoms in total. The van der Waals surface area contributed by atoms with Gasteiger partial charge in [-0.25, -0.2) is 4.39 Å². The fraction of sp³-hybridized carbons (Fsp3) is 0.560. The zero-order chi connectivity index (χ0) is 23.2. The fourth-order valence-electron chi connectivity index (χ4n) is 4.44. The molecule has 0 bridgehead atoms. The van der Waals surface area contributed by atoms with Crippen LogP contribution >= 0.6 is 0 Å². The van der Waals surface area contributed by atoms with Crippen LogP contribution in [-0.2, 0) is 4.79 Å². The largest absolute Gasteiger partial charge is 0.353 e. The first kappa shape index (κ1) is 23.6. The van der Waals surface area contributed by atoms with Crippen molar-refractivity contribution >= 4 is 11.7 Å². The molecule has 178 valence electrons. The molecule has 0 spiro atoms. The molecule has 1 saturated carbocycles. The lowest BCUT2D eigenvalue weighted by Gasteiger charge is -2.37. The Morgan fingerprint density at radius 3 is 2.33 bits per heavy atom. The summed E-state index contributed by atoms with van der Waals surface area (Å²) in [5, 5.41) is 8.70. The first-order valence-electron chi connectivity index (χ1n) is 12.1. The van der Waals surface area contributed by atoms with E-state index in [4.69, 9.17) is 0 Å². The number of anilines is 1. The van der Waals surface area contributed by atoms with Gasteiger partial charge in [0.05, 0.1) is 12.2 Å². The Hall–Kier alpha value is -2.58. The molecule has 2 aromatic rings. The van der Waals surface area contributed by atoms with E-state index in [9.17, 15) is 9.18 Å². The minimum Gasteiger partial charge on any atom is -0.353 e. The van der Waals surface area contributed by atoms with E-state index in [-0.39, 0.29) is 11.7 Å². The fourth-order valence-corrected chi connectivity index (χ4v) is 4.44. The lowest BCUT2D eigenvalue weighted by atomic mass is 9.92. The monoisotopic (exact) mass is 454 g/mol. The number of hydrogen-bond acceptors (Lipinski definition) is 6. The average molecular weight is 455 g/mol. The van der Waals surface area contributed by atoms with E-state index < -0.39 is 0 Å². The maximum absolute atomic E-state index is 13.1. The molecule has 0 N–H and O–H groups in total. The highest BCUT2D eigenvalue weighted by molar-refractivity contribution is 5.78. The Bertz CT molecular complexity index is 894. The van der Waals surface area contributed by atoms with E-state index in [1.807, 2.05) is 17.0 Å². The van der Waals surface area contributed by atoms with Gasteiger partial charge >= 0.3 is 0 Å². The number of aromatic nitrogens is 2. The summed E-state index contributed by atoms with van der Waals surface area (Å²) < 4.78 is 13.1. The van der Waals surface area contributed by atoms with Gasteiger partial charge in [0.15, 0.2) is 5.82 Å². The van der Waals surface area contributed by atoms with Crippen molar-refractivity contribution in [1.29, 1.82) is 0 Å². The third-order valence-corrected chi connectivity index (χ3v) is 7.00. The number of halogens is 1. The number of nitrogens with zero attached hydrogens (tertiary/aromatic N) is 6. The van der Waals surface area contributed by atoms with Gasteiger partial charge in [-0.05, 0) is 63.2 Å². The molecule has 1 aliphatic heterocycles. The van der Waals surface area contributed by atoms with Crippen LogP contribution in [0, 0.1) is 5.82 Å². The number of likely N-dealkylation sites (N-methyl/N-ethyl adjacent to an activating group) is 2. The molecule has 0 radical (unpaired) electrons. The first-order valence-corrected chi connectivity index (χ1v) is 12.1. The van der Waals surface area contributed by atoms with Crippen molar-refractivity contribution in [1.82, 2.24) is 24.9 Å². The number of rotatable bonds is 9. The van der Waals surface area contributed by atoms with Crippen LogP contribution in [0.15, 0.2) is 36.4 Å². The highest BCUT2D eigenvalue weighted by atomic mass is 19.1. The molecule has 2 fully saturated rings. The normalized spacial score (nSPS) is 17.3. The number of carbonyl (C=O) groups is 1. The van der Waals surface area contributed by atoms with Crippen LogP contribution in [0.5, 0.6) is 0 Å². The Balaban J connectivity index is 1.23. The van der Waals surface area contributed by atoms with Crippen molar-refractivity contribution < 1.29 is 9.18 Å². The van der Waals surface area contributed by atoms with Crippen molar-refractivity contribution in [2.24, 2.45) is 0 Å². The summed E-state index contributed by atoms with van der Waals surface area (Å²) in [6.45, 7) is 8.33. The van der Waals surface area contributed by atoms with Gasteiger partial charge in [0.2, 0.25) is 5.91 Å². The summed E-state index contributed by atoms with van der Waals surface area (Å²) in [6, 6.07) is 10.9. The minimum atomic E-state index is -0.261. The standard InChI is InChI=1S/C25H35FN6O/c1-3-31(16-13-29(2)22-5-4-6-22)25(33)19-30-14-17-32(18-15-30)24-12-11-23(27-28-24)20-7-9-21(26)10-8-20/h7-12,22H,3-6,13-19H2,1-2H3. The Morgan fingerprint density at radius 2 is 1.76 bits per heavy atom. The SMILES string of the molecule is CCN(CCN(C)C1CCC1)C(=O)CN1CCN(c2ccc(-c3ccc(F)cc3)nn2)CC1. The van der Waals surface area contributed by atoms with Crippen molar-refractivity contribution in [3.63, 3.8) is 0 Å². The number of amides is 1. The number of carbonyl (C=O) groups excluding carboxylic acids is 1. The molecule has 33 heavy (non-hydrogen) atoms. The van der Waals surface area contributed by atoms with E-state index in [1.54, 1.807) is 12.1 Å². The van der Waals surface area contributed by atoms with Crippen LogP contribution in [0.4, 0.5) is 10.2 Å². The summed E-state index contributed by atoms with van der Waals surface area (Å²) in [5.41, 5.74) is 1.57. The summed E-state index contributed by atoms with van der Waals surface area (Å²) in [5.74, 6) is 0.792. The van der Waals surface area contributed by atoms with Crippen molar-refractivity contribution in [2.45, 2.75) is 32.2 Å². The van der Waals surface area contributed by atoms with Crippen molar-refractivity contribution in [2.75, 3.05) is 64.3 Å². The molecule has 2 heterocycles. The molecule has 1 aromatic carbocycles. The lowest BCUT2D eigenvalue weighted by Crippen LogP contribution is -2.51. The zero-order valence-electron chi connectivity index (χ0n) is 19.8. The molecular weight excluding hydrogens is 419 g/mol. The molecular formula is C25H35FN6O. The second kappa shape index (κ2) is 11.0. The molecule has 1 saturated heterocycles. The second-order valence-corrected chi connectivity index (χ2v) is 9.09. The number of benzene rings is 1. The van der Waals surface area contributed by atoms with Gasteiger partial charge in [-0.15, -0.1) is 10.2 Å². The second-order valence-electron chi connectivity index (χ2n) is 9.09. The van der Waals surface area contributed by atoms with Crippen LogP contribution in [0.2, 0.25) is 0 Å². The molecule has 0 atom stereocenters. The van der Waals surface area contributed by atoms with Gasteiger partial charge in [-0.1, -0.05) is 6.42 Å². The maximum Gasteiger partial charge on any atom is 0.236 e. The predicted octanol–water partition coefficient (Wildman–Crippen LogP) is 2.74. The average Bonchev–Trinajstić information content (AvgIpc) is 2.79. The quantitative estimate of drug-likeness (QED) is 0.581. The van der Waals surface area contributed by atoms with Gasteiger partial charge in [0.25, 0.3) is 0 Å². The number of piperazine rings is 1. The number of hydrogen-bond donors (Lipinski definition) is 0. The van der Waals surface area contributed by atoms with Crippen LogP contribution in [-0.4, -0.2) is 96.3 Å². The van der Waals surface area contributed by atoms with E-state index in [2.05, 4.69) is 38.9 Å². The summed E-state index contributed by atoms with van der Waals surface area (Å²) in [6.07, 6.45) is 3.92. The summed E-state index contributed by atoms with van der Waals surface area (Å²) in [4.78, 5) is 21.7. The Kier molecular flexibility index (Phi) is 7.88. The van der Waals surface area contributed by atoms with Crippen LogP contribution < -0.4 is 4.90 Å². The third-order valence-electron chi connectivity index (χ3n) is 7.00. The van der Waals surface area contributed by atoms with Crippen LogP contribution in [0.3, 0.4) is 0 Å². The van der Waals surface area contributed by atoms with Gasteiger partial charge < -0.3 is 14.7 Å². The topological polar surface area (TPSA) is 55.8 Å². The summed E-state index contributed by atoms with van der Waals surface area (Å²) in [7, 11) is 2.18. The van der Waals surface area contributed by atoms with Gasteiger partial charge in [0, 0.05) is 57.4 Å². The Morgan fingerprint density at radius 1 is 1.03 bits per heavy atom. The highest BCUT2D eigenvalue weighted by Crippen LogP contribution is 2.23. The highest BCUT2D eigenvalue weighted by Gasteiger charge is 2.24. The molecule has 1 amide bonds. The van der Waals surface area contributed by atoms with E-state index in [0.717, 1.165) is 62.9 Å². The smallest absolute Gasteiger partial charge is 0.236 e. The van der Waals surface area contributed by atoms with E-state index >= 15 is 0 Å². The molecule has 0 unspecified atom stereocenters. The summed E-state index contributed by atoms with van der Waals surface area (Å²) >= 11 is 0. The van der Waals surface area contributed by atoms with Gasteiger partial charge in [-0.3, -0.25) is 9.69 Å². The molecule has 2 aliphatic rings. The van der Waals surface area contributed by atoms with Crippen molar-refractivity contribution in [3.8, 4) is 11.3 Å². The third kappa shape index (κ3) is 6.06. The molecule has 8 heteroatoms. The minimum absolute atomic E-state index is 0.219. The van der Waals surface area contributed by atoms with Crippen molar-refractivity contribution in [3.05, 3.63) is 42.2 Å². The van der Waals surface area contributed by atoms with Crippen LogP contribution in [0.1, 0.15) is 26.2 Å². The molecule has 1 aromatic heterocycles.